The second kappa shape index (κ2) is 8.74. The van der Waals surface area contributed by atoms with Gasteiger partial charge in [-0.15, -0.1) is 0 Å². The third kappa shape index (κ3) is 5.81. The fraction of sp³-hybridized carbons (Fsp3) is 0.533. The van der Waals surface area contributed by atoms with Crippen LogP contribution in [0.2, 0.25) is 0 Å². The van der Waals surface area contributed by atoms with Gasteiger partial charge < -0.3 is 20.9 Å². The number of anilines is 1. The lowest BCUT2D eigenvalue weighted by Crippen LogP contribution is -2.44. The number of nitrogens with zero attached hydrogens (tertiary/aromatic N) is 1. The van der Waals surface area contributed by atoms with Crippen molar-refractivity contribution < 1.29 is 14.6 Å². The molecule has 1 aromatic rings. The average Bonchev–Trinajstić information content (AvgIpc) is 2.47. The predicted octanol–water partition coefficient (Wildman–Crippen LogP) is 0.411. The van der Waals surface area contributed by atoms with Crippen LogP contribution in [-0.2, 0) is 16.1 Å². The lowest BCUT2D eigenvalue weighted by molar-refractivity contribution is -0.120. The summed E-state index contributed by atoms with van der Waals surface area (Å²) in [5.41, 5.74) is 7.28. The summed E-state index contributed by atoms with van der Waals surface area (Å²) in [6.07, 6.45) is -0.612. The molecule has 4 N–H and O–H groups in total. The van der Waals surface area contributed by atoms with Gasteiger partial charge in [0.15, 0.2) is 0 Å². The van der Waals surface area contributed by atoms with Gasteiger partial charge in [-0.3, -0.25) is 9.69 Å². The largest absolute Gasteiger partial charge is 0.389 e. The first-order valence-electron chi connectivity index (χ1n) is 6.95. The summed E-state index contributed by atoms with van der Waals surface area (Å²) >= 11 is 0. The number of benzene rings is 1. The first-order valence-corrected chi connectivity index (χ1v) is 6.95. The fourth-order valence-electron chi connectivity index (χ4n) is 1.91. The fourth-order valence-corrected chi connectivity index (χ4v) is 1.91. The number of likely N-dealkylation sites (N-methyl/N-ethyl adjacent to an activating group) is 1. The number of aliphatic hydroxyl groups excluding tert-OH is 1. The number of methoxy groups -OCH3 is 1. The second-order valence-corrected chi connectivity index (χ2v) is 5.12. The number of amides is 1. The number of hydrogen-bond acceptors (Lipinski definition) is 5. The highest BCUT2D eigenvalue weighted by Crippen LogP contribution is 2.10. The zero-order chi connectivity index (χ0) is 15.8. The normalized spacial score (nSPS) is 14.0. The number of carbonyl (C=O) groups is 1. The lowest BCUT2D eigenvalue weighted by Gasteiger charge is -2.26. The van der Waals surface area contributed by atoms with Crippen LogP contribution in [0.3, 0.4) is 0 Å². The van der Waals surface area contributed by atoms with Gasteiger partial charge >= 0.3 is 0 Å². The van der Waals surface area contributed by atoms with Gasteiger partial charge in [-0.05, 0) is 31.7 Å². The van der Waals surface area contributed by atoms with Crippen LogP contribution < -0.4 is 11.1 Å². The molecule has 6 nitrogen and oxygen atoms in total. The lowest BCUT2D eigenvalue weighted by atomic mass is 10.2. The van der Waals surface area contributed by atoms with Gasteiger partial charge in [-0.25, -0.2) is 0 Å². The molecule has 21 heavy (non-hydrogen) atoms. The first-order chi connectivity index (χ1) is 9.97. The Morgan fingerprint density at radius 3 is 2.57 bits per heavy atom. The van der Waals surface area contributed by atoms with E-state index >= 15 is 0 Å². The molecule has 1 amide bonds. The molecular formula is C15H25N3O3. The summed E-state index contributed by atoms with van der Waals surface area (Å²) < 4.78 is 4.87. The average molecular weight is 295 g/mol. The molecule has 0 saturated heterocycles. The molecule has 0 spiro atoms. The summed E-state index contributed by atoms with van der Waals surface area (Å²) in [6.45, 7) is 2.89. The molecule has 0 fully saturated rings. The topological polar surface area (TPSA) is 87.8 Å². The van der Waals surface area contributed by atoms with E-state index in [0.29, 0.717) is 13.1 Å². The van der Waals surface area contributed by atoms with E-state index in [-0.39, 0.29) is 18.6 Å². The van der Waals surface area contributed by atoms with E-state index in [1.807, 2.05) is 24.3 Å². The quantitative estimate of drug-likeness (QED) is 0.646. The third-order valence-corrected chi connectivity index (χ3v) is 3.36. The first kappa shape index (κ1) is 17.6. The Labute approximate surface area is 125 Å². The molecule has 0 aromatic heterocycles. The molecule has 0 aliphatic heterocycles. The molecule has 2 unspecified atom stereocenters. The van der Waals surface area contributed by atoms with Crippen LogP contribution in [0.4, 0.5) is 5.69 Å². The number of carbonyl (C=O) groups excluding carboxylic acids is 1. The Hall–Kier alpha value is -1.47. The Balaban J connectivity index is 2.52. The molecule has 2 atom stereocenters. The van der Waals surface area contributed by atoms with E-state index in [1.165, 1.54) is 7.11 Å². The van der Waals surface area contributed by atoms with Gasteiger partial charge in [-0.2, -0.15) is 0 Å². The molecule has 1 aromatic carbocycles. The van der Waals surface area contributed by atoms with Crippen molar-refractivity contribution in [3.05, 3.63) is 29.8 Å². The maximum Gasteiger partial charge on any atom is 0.241 e. The van der Waals surface area contributed by atoms with Crippen LogP contribution in [0.5, 0.6) is 0 Å². The van der Waals surface area contributed by atoms with Crippen molar-refractivity contribution in [2.24, 2.45) is 5.73 Å². The van der Waals surface area contributed by atoms with Crippen LogP contribution in [-0.4, -0.2) is 55.4 Å². The Bertz CT molecular complexity index is 436. The van der Waals surface area contributed by atoms with E-state index in [9.17, 15) is 9.90 Å². The number of ether oxygens (including phenoxy) is 1. The highest BCUT2D eigenvalue weighted by Gasteiger charge is 2.20. The molecule has 0 aliphatic rings. The number of aliphatic hydroxyl groups is 1. The van der Waals surface area contributed by atoms with Gasteiger partial charge in [0.1, 0.15) is 0 Å². The number of nitrogens with two attached hydrogens (primary N) is 1. The summed E-state index contributed by atoms with van der Waals surface area (Å²) in [7, 11) is 3.32. The highest BCUT2D eigenvalue weighted by molar-refractivity contribution is 5.94. The van der Waals surface area contributed by atoms with Crippen molar-refractivity contribution in [1.82, 2.24) is 4.90 Å². The summed E-state index contributed by atoms with van der Waals surface area (Å²) in [4.78, 5) is 13.9. The Kier molecular flexibility index (Phi) is 7.31. The van der Waals surface area contributed by atoms with Crippen molar-refractivity contribution >= 4 is 11.6 Å². The molecule has 6 heteroatoms. The van der Waals surface area contributed by atoms with Crippen molar-refractivity contribution in [2.45, 2.75) is 25.6 Å². The molecule has 0 aliphatic carbocycles. The minimum atomic E-state index is -0.612. The van der Waals surface area contributed by atoms with E-state index < -0.39 is 6.10 Å². The monoisotopic (exact) mass is 295 g/mol. The molecule has 118 valence electrons. The minimum Gasteiger partial charge on any atom is -0.389 e. The standard InChI is InChI=1S/C15H25N3O3/c1-11(18(2)9-14(19)10-21-3)15(20)17-13-6-4-12(8-16)5-7-13/h4-7,11,14,19H,8-10,16H2,1-3H3,(H,17,20). The summed E-state index contributed by atoms with van der Waals surface area (Å²) in [5, 5.41) is 12.5. The summed E-state index contributed by atoms with van der Waals surface area (Å²) in [5.74, 6) is -0.123. The smallest absolute Gasteiger partial charge is 0.241 e. The van der Waals surface area contributed by atoms with Crippen LogP contribution in [0.1, 0.15) is 12.5 Å². The molecular weight excluding hydrogens is 270 g/mol. The number of rotatable bonds is 8. The molecule has 0 heterocycles. The van der Waals surface area contributed by atoms with Gasteiger partial charge in [0.2, 0.25) is 5.91 Å². The van der Waals surface area contributed by atoms with E-state index in [1.54, 1.807) is 18.9 Å². The number of hydrogen-bond donors (Lipinski definition) is 3. The third-order valence-electron chi connectivity index (χ3n) is 3.36. The van der Waals surface area contributed by atoms with Gasteiger partial charge in [0.05, 0.1) is 18.8 Å². The van der Waals surface area contributed by atoms with Crippen LogP contribution in [0, 0.1) is 0 Å². The maximum absolute atomic E-state index is 12.2. The van der Waals surface area contributed by atoms with Crippen LogP contribution in [0.15, 0.2) is 24.3 Å². The van der Waals surface area contributed by atoms with Crippen LogP contribution in [0.25, 0.3) is 0 Å². The molecule has 0 radical (unpaired) electrons. The SMILES string of the molecule is COCC(O)CN(C)C(C)C(=O)Nc1ccc(CN)cc1. The number of nitrogens with one attached hydrogen (secondary N) is 1. The molecule has 1 rings (SSSR count). The van der Waals surface area contributed by atoms with Gasteiger partial charge in [0.25, 0.3) is 0 Å². The molecule has 0 bridgehead atoms. The van der Waals surface area contributed by atoms with Gasteiger partial charge in [0, 0.05) is 25.9 Å². The highest BCUT2D eigenvalue weighted by atomic mass is 16.5. The van der Waals surface area contributed by atoms with E-state index in [0.717, 1.165) is 11.3 Å². The van der Waals surface area contributed by atoms with Gasteiger partial charge in [-0.1, -0.05) is 12.1 Å². The van der Waals surface area contributed by atoms with E-state index in [2.05, 4.69) is 5.32 Å². The Morgan fingerprint density at radius 1 is 1.43 bits per heavy atom. The second-order valence-electron chi connectivity index (χ2n) is 5.12. The van der Waals surface area contributed by atoms with E-state index in [4.69, 9.17) is 10.5 Å². The maximum atomic E-state index is 12.2. The van der Waals surface area contributed by atoms with Crippen LogP contribution >= 0.6 is 0 Å². The minimum absolute atomic E-state index is 0.123. The van der Waals surface area contributed by atoms with Crippen molar-refractivity contribution in [1.29, 1.82) is 0 Å². The Morgan fingerprint density at radius 2 is 2.05 bits per heavy atom. The van der Waals surface area contributed by atoms with Crippen molar-refractivity contribution in [2.75, 3.05) is 32.6 Å². The predicted molar refractivity (Wildman–Crippen MR) is 82.9 cm³/mol. The zero-order valence-electron chi connectivity index (χ0n) is 12.9. The summed E-state index contributed by atoms with van der Waals surface area (Å²) in [6, 6.07) is 7.06. The van der Waals surface area contributed by atoms with Crippen molar-refractivity contribution in [3.8, 4) is 0 Å². The zero-order valence-corrected chi connectivity index (χ0v) is 12.9. The molecule has 0 saturated carbocycles. The van der Waals surface area contributed by atoms with Crippen molar-refractivity contribution in [3.63, 3.8) is 0 Å².